The summed E-state index contributed by atoms with van der Waals surface area (Å²) in [5.74, 6) is -0.710. The van der Waals surface area contributed by atoms with Crippen LogP contribution in [0.25, 0.3) is 0 Å². The molecule has 1 aromatic rings. The normalized spacial score (nSPS) is 18.3. The summed E-state index contributed by atoms with van der Waals surface area (Å²) in [7, 11) is -3.61. The molecule has 2 fully saturated rings. The monoisotopic (exact) mass is 421 g/mol. The third-order valence-corrected chi connectivity index (χ3v) is 7.30. The number of sulfonamides is 1. The highest BCUT2D eigenvalue weighted by molar-refractivity contribution is 7.89. The lowest BCUT2D eigenvalue weighted by Crippen LogP contribution is -2.36. The maximum absolute atomic E-state index is 12.9. The topological polar surface area (TPSA) is 104 Å². The number of nitrogens with zero attached hydrogens (tertiary/aromatic N) is 2. The quantitative estimate of drug-likeness (QED) is 0.530. The Kier molecular flexibility index (Phi) is 6.69. The van der Waals surface area contributed by atoms with E-state index < -0.39 is 10.0 Å². The Bertz CT molecular complexity index is 891. The Morgan fingerprint density at radius 1 is 1.07 bits per heavy atom. The SMILES string of the molecule is Cc1ccc(S(=O)(=O)N2CCCCC2)cc1C(=O)NCCCN1C(=O)CCC1=O. The Labute approximate surface area is 171 Å². The van der Waals surface area contributed by atoms with Crippen LogP contribution in [0.4, 0.5) is 0 Å². The third-order valence-electron chi connectivity index (χ3n) is 5.41. The Balaban J connectivity index is 1.62. The summed E-state index contributed by atoms with van der Waals surface area (Å²) in [6.45, 7) is 3.34. The first kappa shape index (κ1) is 21.4. The zero-order valence-corrected chi connectivity index (χ0v) is 17.5. The predicted molar refractivity (Wildman–Crippen MR) is 107 cm³/mol. The van der Waals surface area contributed by atoms with Gasteiger partial charge in [0.25, 0.3) is 5.91 Å². The van der Waals surface area contributed by atoms with Crippen molar-refractivity contribution in [2.75, 3.05) is 26.2 Å². The molecule has 1 aromatic carbocycles. The van der Waals surface area contributed by atoms with Gasteiger partial charge < -0.3 is 5.32 Å². The molecule has 9 heteroatoms. The van der Waals surface area contributed by atoms with Gasteiger partial charge in [0.2, 0.25) is 21.8 Å². The first-order valence-corrected chi connectivity index (χ1v) is 11.5. The van der Waals surface area contributed by atoms with Gasteiger partial charge in [0.05, 0.1) is 4.90 Å². The van der Waals surface area contributed by atoms with Gasteiger partial charge in [-0.05, 0) is 43.9 Å². The van der Waals surface area contributed by atoms with Gasteiger partial charge in [-0.15, -0.1) is 0 Å². The fourth-order valence-electron chi connectivity index (χ4n) is 3.67. The second-order valence-corrected chi connectivity index (χ2v) is 9.43. The van der Waals surface area contributed by atoms with E-state index in [0.717, 1.165) is 19.3 Å². The molecule has 2 saturated heterocycles. The number of hydrogen-bond acceptors (Lipinski definition) is 5. The lowest BCUT2D eigenvalue weighted by atomic mass is 10.1. The average Bonchev–Trinajstić information content (AvgIpc) is 3.03. The number of benzene rings is 1. The molecule has 158 valence electrons. The maximum atomic E-state index is 12.9. The first-order chi connectivity index (χ1) is 13.8. The fraction of sp³-hybridized carbons (Fsp3) is 0.550. The zero-order chi connectivity index (χ0) is 21.0. The van der Waals surface area contributed by atoms with Crippen LogP contribution in [0, 0.1) is 6.92 Å². The molecule has 0 aliphatic carbocycles. The molecule has 0 unspecified atom stereocenters. The predicted octanol–water partition coefficient (Wildman–Crippen LogP) is 1.44. The van der Waals surface area contributed by atoms with Crippen molar-refractivity contribution in [3.05, 3.63) is 29.3 Å². The van der Waals surface area contributed by atoms with E-state index in [1.807, 2.05) is 0 Å². The standard InChI is InChI=1S/C20H27N3O5S/c1-15-6-7-16(29(27,28)22-11-3-2-4-12-22)14-17(15)20(26)21-10-5-13-23-18(24)8-9-19(23)25/h6-7,14H,2-5,8-13H2,1H3,(H,21,26). The average molecular weight is 422 g/mol. The van der Waals surface area contributed by atoms with Crippen molar-refractivity contribution in [1.29, 1.82) is 0 Å². The van der Waals surface area contributed by atoms with Crippen LogP contribution in [0.2, 0.25) is 0 Å². The molecule has 8 nitrogen and oxygen atoms in total. The van der Waals surface area contributed by atoms with Crippen LogP contribution < -0.4 is 5.32 Å². The van der Waals surface area contributed by atoms with Crippen molar-refractivity contribution < 1.29 is 22.8 Å². The summed E-state index contributed by atoms with van der Waals surface area (Å²) in [4.78, 5) is 37.1. The highest BCUT2D eigenvalue weighted by Gasteiger charge is 2.28. The van der Waals surface area contributed by atoms with Crippen molar-refractivity contribution in [2.24, 2.45) is 0 Å². The van der Waals surface area contributed by atoms with E-state index in [-0.39, 0.29) is 42.0 Å². The number of likely N-dealkylation sites (tertiary alicyclic amines) is 1. The second kappa shape index (κ2) is 9.04. The number of imide groups is 1. The van der Waals surface area contributed by atoms with Crippen LogP contribution in [0.3, 0.4) is 0 Å². The Morgan fingerprint density at radius 3 is 2.38 bits per heavy atom. The number of aryl methyl sites for hydroxylation is 1. The van der Waals surface area contributed by atoms with E-state index in [1.54, 1.807) is 19.1 Å². The van der Waals surface area contributed by atoms with Crippen molar-refractivity contribution in [3.63, 3.8) is 0 Å². The number of carbonyl (C=O) groups is 3. The molecule has 0 spiro atoms. The van der Waals surface area contributed by atoms with E-state index in [1.165, 1.54) is 15.3 Å². The molecule has 0 atom stereocenters. The van der Waals surface area contributed by atoms with Gasteiger partial charge in [-0.3, -0.25) is 19.3 Å². The molecular formula is C20H27N3O5S. The third kappa shape index (κ3) is 4.84. The largest absolute Gasteiger partial charge is 0.352 e. The van der Waals surface area contributed by atoms with Crippen LogP contribution in [-0.2, 0) is 19.6 Å². The molecule has 2 heterocycles. The van der Waals surface area contributed by atoms with E-state index in [9.17, 15) is 22.8 Å². The van der Waals surface area contributed by atoms with Crippen molar-refractivity contribution in [3.8, 4) is 0 Å². The molecule has 29 heavy (non-hydrogen) atoms. The van der Waals surface area contributed by atoms with Crippen LogP contribution in [-0.4, -0.2) is 61.5 Å². The Morgan fingerprint density at radius 2 is 1.72 bits per heavy atom. The van der Waals surface area contributed by atoms with Gasteiger partial charge >= 0.3 is 0 Å². The van der Waals surface area contributed by atoms with Gasteiger partial charge in [0.15, 0.2) is 0 Å². The molecule has 2 aliphatic heterocycles. The number of rotatable bonds is 7. The minimum Gasteiger partial charge on any atom is -0.352 e. The molecule has 0 bridgehead atoms. The molecule has 0 saturated carbocycles. The molecule has 3 rings (SSSR count). The van der Waals surface area contributed by atoms with Gasteiger partial charge in [-0.2, -0.15) is 4.31 Å². The van der Waals surface area contributed by atoms with Crippen molar-refractivity contribution >= 4 is 27.7 Å². The Hall–Kier alpha value is -2.26. The van der Waals surface area contributed by atoms with E-state index in [2.05, 4.69) is 5.32 Å². The molecule has 3 amide bonds. The first-order valence-electron chi connectivity index (χ1n) is 10.0. The minimum atomic E-state index is -3.61. The van der Waals surface area contributed by atoms with Gasteiger partial charge in [-0.25, -0.2) is 8.42 Å². The number of carbonyl (C=O) groups excluding carboxylic acids is 3. The van der Waals surface area contributed by atoms with Gasteiger partial charge in [0.1, 0.15) is 0 Å². The van der Waals surface area contributed by atoms with E-state index >= 15 is 0 Å². The number of nitrogens with one attached hydrogen (secondary N) is 1. The van der Waals surface area contributed by atoms with E-state index in [4.69, 9.17) is 0 Å². The summed E-state index contributed by atoms with van der Waals surface area (Å²) in [5.41, 5.74) is 1.00. The fourth-order valence-corrected chi connectivity index (χ4v) is 5.21. The number of amides is 3. The van der Waals surface area contributed by atoms with Crippen molar-refractivity contribution in [2.45, 2.75) is 50.3 Å². The maximum Gasteiger partial charge on any atom is 0.251 e. The molecule has 2 aliphatic rings. The lowest BCUT2D eigenvalue weighted by Gasteiger charge is -2.26. The molecule has 1 N–H and O–H groups in total. The van der Waals surface area contributed by atoms with E-state index in [0.29, 0.717) is 37.2 Å². The summed E-state index contributed by atoms with van der Waals surface area (Å²) in [6.07, 6.45) is 3.68. The van der Waals surface area contributed by atoms with Crippen molar-refractivity contribution in [1.82, 2.24) is 14.5 Å². The molecular weight excluding hydrogens is 394 g/mol. The van der Waals surface area contributed by atoms with Crippen LogP contribution in [0.5, 0.6) is 0 Å². The summed E-state index contributed by atoms with van der Waals surface area (Å²) >= 11 is 0. The molecule has 0 aromatic heterocycles. The van der Waals surface area contributed by atoms with Crippen LogP contribution in [0.1, 0.15) is 54.4 Å². The zero-order valence-electron chi connectivity index (χ0n) is 16.6. The number of piperidine rings is 1. The number of hydrogen-bond donors (Lipinski definition) is 1. The summed E-state index contributed by atoms with van der Waals surface area (Å²) in [6, 6.07) is 4.62. The molecule has 0 radical (unpaired) electrons. The summed E-state index contributed by atoms with van der Waals surface area (Å²) in [5, 5.41) is 2.75. The van der Waals surface area contributed by atoms with Crippen LogP contribution >= 0.6 is 0 Å². The summed E-state index contributed by atoms with van der Waals surface area (Å²) < 4.78 is 27.2. The second-order valence-electron chi connectivity index (χ2n) is 7.49. The smallest absolute Gasteiger partial charge is 0.251 e. The highest BCUT2D eigenvalue weighted by Crippen LogP contribution is 2.23. The van der Waals surface area contributed by atoms with Crippen LogP contribution in [0.15, 0.2) is 23.1 Å². The van der Waals surface area contributed by atoms with Gasteiger partial charge in [-0.1, -0.05) is 12.5 Å². The van der Waals surface area contributed by atoms with Gasteiger partial charge in [0, 0.05) is 44.6 Å². The lowest BCUT2D eigenvalue weighted by molar-refractivity contribution is -0.138. The minimum absolute atomic E-state index is 0.128. The highest BCUT2D eigenvalue weighted by atomic mass is 32.2.